The first-order valence-electron chi connectivity index (χ1n) is 8.48. The van der Waals surface area contributed by atoms with Gasteiger partial charge >= 0.3 is 0 Å². The fourth-order valence-corrected chi connectivity index (χ4v) is 3.22. The summed E-state index contributed by atoms with van der Waals surface area (Å²) in [4.78, 5) is 2.73. The molecule has 0 amide bonds. The second kappa shape index (κ2) is 8.97. The molecule has 1 fully saturated rings. The molecule has 1 N–H and O–H groups in total. The topological polar surface area (TPSA) is 15.3 Å². The third-order valence-corrected chi connectivity index (χ3v) is 4.72. The van der Waals surface area contributed by atoms with Crippen LogP contribution in [-0.2, 0) is 0 Å². The predicted molar refractivity (Wildman–Crippen MR) is 85.6 cm³/mol. The summed E-state index contributed by atoms with van der Waals surface area (Å²) in [6.45, 7) is 15.5. The summed E-state index contributed by atoms with van der Waals surface area (Å²) in [5, 5.41) is 3.52. The van der Waals surface area contributed by atoms with E-state index in [4.69, 9.17) is 0 Å². The first kappa shape index (κ1) is 17.0. The van der Waals surface area contributed by atoms with E-state index in [1.807, 2.05) is 0 Å². The molecule has 2 heteroatoms. The van der Waals surface area contributed by atoms with Gasteiger partial charge < -0.3 is 10.2 Å². The molecule has 0 bridgehead atoms. The normalized spacial score (nSPS) is 23.8. The third-order valence-electron chi connectivity index (χ3n) is 4.72. The van der Waals surface area contributed by atoms with Gasteiger partial charge in [-0.15, -0.1) is 0 Å². The predicted octanol–water partition coefficient (Wildman–Crippen LogP) is 3.91. The molecule has 2 unspecified atom stereocenters. The molecule has 0 spiro atoms. The minimum absolute atomic E-state index is 0.625. The van der Waals surface area contributed by atoms with E-state index >= 15 is 0 Å². The van der Waals surface area contributed by atoms with Crippen molar-refractivity contribution in [1.82, 2.24) is 10.2 Å². The van der Waals surface area contributed by atoms with Crippen molar-refractivity contribution in [3.8, 4) is 0 Å². The molecule has 0 aromatic rings. The van der Waals surface area contributed by atoms with Crippen LogP contribution in [0.2, 0.25) is 0 Å². The lowest BCUT2D eigenvalue weighted by atomic mass is 9.89. The van der Waals surface area contributed by atoms with Gasteiger partial charge in [0, 0.05) is 12.1 Å². The van der Waals surface area contributed by atoms with E-state index < -0.39 is 0 Å². The van der Waals surface area contributed by atoms with Gasteiger partial charge in [0.25, 0.3) is 0 Å². The molecule has 0 saturated carbocycles. The maximum atomic E-state index is 3.52. The Morgan fingerprint density at radius 3 is 2.42 bits per heavy atom. The highest BCUT2D eigenvalue weighted by molar-refractivity contribution is 4.76. The highest BCUT2D eigenvalue weighted by atomic mass is 15.1. The van der Waals surface area contributed by atoms with Gasteiger partial charge in [0.05, 0.1) is 0 Å². The summed E-state index contributed by atoms with van der Waals surface area (Å²) in [5.41, 5.74) is 0. The number of rotatable bonds is 7. The van der Waals surface area contributed by atoms with Gasteiger partial charge in [0.15, 0.2) is 0 Å². The second-order valence-corrected chi connectivity index (χ2v) is 7.07. The highest BCUT2D eigenvalue weighted by Crippen LogP contribution is 2.25. The molecule has 0 aliphatic carbocycles. The molecular formula is C17H36N2. The van der Waals surface area contributed by atoms with Crippen LogP contribution in [0.3, 0.4) is 0 Å². The van der Waals surface area contributed by atoms with Crippen LogP contribution in [0.5, 0.6) is 0 Å². The number of nitrogens with one attached hydrogen (secondary N) is 1. The average molecular weight is 268 g/mol. The fourth-order valence-electron chi connectivity index (χ4n) is 3.22. The van der Waals surface area contributed by atoms with Crippen LogP contribution in [0.4, 0.5) is 0 Å². The molecule has 0 radical (unpaired) electrons. The zero-order valence-electron chi connectivity index (χ0n) is 13.9. The fraction of sp³-hybridized carbons (Fsp3) is 1.00. The van der Waals surface area contributed by atoms with E-state index in [0.29, 0.717) is 6.04 Å². The number of hydrogen-bond donors (Lipinski definition) is 1. The van der Waals surface area contributed by atoms with Gasteiger partial charge in [-0.25, -0.2) is 0 Å². The molecule has 2 atom stereocenters. The van der Waals surface area contributed by atoms with Crippen LogP contribution in [-0.4, -0.2) is 36.6 Å². The summed E-state index contributed by atoms with van der Waals surface area (Å²) in [5.74, 6) is 1.82. The van der Waals surface area contributed by atoms with Crippen molar-refractivity contribution in [3.63, 3.8) is 0 Å². The van der Waals surface area contributed by atoms with Crippen LogP contribution in [0.15, 0.2) is 0 Å². The smallest absolute Gasteiger partial charge is 0.00674 e. The second-order valence-electron chi connectivity index (χ2n) is 7.07. The van der Waals surface area contributed by atoms with Crippen LogP contribution in [0, 0.1) is 11.8 Å². The van der Waals surface area contributed by atoms with E-state index in [0.717, 1.165) is 17.9 Å². The molecule has 0 aromatic heterocycles. The highest BCUT2D eigenvalue weighted by Gasteiger charge is 2.21. The Balaban J connectivity index is 2.23. The van der Waals surface area contributed by atoms with Gasteiger partial charge in [-0.1, -0.05) is 27.7 Å². The SMILES string of the molecule is CC(C)NCCCC(C)N1CCCC(C(C)C)CC1. The van der Waals surface area contributed by atoms with Crippen LogP contribution in [0.1, 0.15) is 66.7 Å². The zero-order chi connectivity index (χ0) is 14.3. The minimum Gasteiger partial charge on any atom is -0.315 e. The average Bonchev–Trinajstić information content (AvgIpc) is 2.59. The maximum Gasteiger partial charge on any atom is 0.00674 e. The van der Waals surface area contributed by atoms with Crippen LogP contribution >= 0.6 is 0 Å². The van der Waals surface area contributed by atoms with E-state index in [1.165, 1.54) is 51.7 Å². The number of hydrogen-bond acceptors (Lipinski definition) is 2. The van der Waals surface area contributed by atoms with E-state index in [1.54, 1.807) is 0 Å². The van der Waals surface area contributed by atoms with Gasteiger partial charge in [-0.3, -0.25) is 0 Å². The van der Waals surface area contributed by atoms with Crippen molar-refractivity contribution in [2.24, 2.45) is 11.8 Å². The standard InChI is InChI=1S/C17H36N2/c1-14(2)17-9-7-12-19(13-10-17)16(5)8-6-11-18-15(3)4/h14-18H,6-13H2,1-5H3. The summed E-state index contributed by atoms with van der Waals surface area (Å²) in [7, 11) is 0. The summed E-state index contributed by atoms with van der Waals surface area (Å²) in [6, 6.07) is 1.39. The van der Waals surface area contributed by atoms with Crippen LogP contribution in [0.25, 0.3) is 0 Å². The Labute approximate surface area is 121 Å². The molecular weight excluding hydrogens is 232 g/mol. The molecule has 1 heterocycles. The first-order chi connectivity index (χ1) is 9.00. The monoisotopic (exact) mass is 268 g/mol. The summed E-state index contributed by atoms with van der Waals surface area (Å²) >= 11 is 0. The Hall–Kier alpha value is -0.0800. The lowest BCUT2D eigenvalue weighted by Gasteiger charge is -2.28. The third kappa shape index (κ3) is 6.76. The van der Waals surface area contributed by atoms with Crippen LogP contribution < -0.4 is 5.32 Å². The molecule has 2 nitrogen and oxygen atoms in total. The molecule has 1 saturated heterocycles. The molecule has 0 aromatic carbocycles. The Morgan fingerprint density at radius 1 is 1.05 bits per heavy atom. The molecule has 19 heavy (non-hydrogen) atoms. The Morgan fingerprint density at radius 2 is 1.79 bits per heavy atom. The Bertz CT molecular complexity index is 225. The molecule has 114 valence electrons. The maximum absolute atomic E-state index is 3.52. The van der Waals surface area contributed by atoms with Crippen molar-refractivity contribution in [2.45, 2.75) is 78.8 Å². The van der Waals surface area contributed by atoms with Crippen molar-refractivity contribution in [2.75, 3.05) is 19.6 Å². The van der Waals surface area contributed by atoms with Crippen molar-refractivity contribution in [3.05, 3.63) is 0 Å². The van der Waals surface area contributed by atoms with E-state index in [9.17, 15) is 0 Å². The van der Waals surface area contributed by atoms with Gasteiger partial charge in [-0.2, -0.15) is 0 Å². The van der Waals surface area contributed by atoms with Gasteiger partial charge in [-0.05, 0) is 70.5 Å². The van der Waals surface area contributed by atoms with E-state index in [-0.39, 0.29) is 0 Å². The number of nitrogens with zero attached hydrogens (tertiary/aromatic N) is 1. The van der Waals surface area contributed by atoms with Crippen molar-refractivity contribution < 1.29 is 0 Å². The van der Waals surface area contributed by atoms with Crippen molar-refractivity contribution in [1.29, 1.82) is 0 Å². The van der Waals surface area contributed by atoms with Gasteiger partial charge in [0.1, 0.15) is 0 Å². The minimum atomic E-state index is 0.625. The lowest BCUT2D eigenvalue weighted by molar-refractivity contribution is 0.199. The summed E-state index contributed by atoms with van der Waals surface area (Å²) in [6.07, 6.45) is 6.90. The number of likely N-dealkylation sites (tertiary alicyclic amines) is 1. The van der Waals surface area contributed by atoms with Gasteiger partial charge in [0.2, 0.25) is 0 Å². The molecule has 1 aliphatic heterocycles. The summed E-state index contributed by atoms with van der Waals surface area (Å²) < 4.78 is 0. The quantitative estimate of drug-likeness (QED) is 0.704. The lowest BCUT2D eigenvalue weighted by Crippen LogP contribution is -2.35. The zero-order valence-corrected chi connectivity index (χ0v) is 13.9. The first-order valence-corrected chi connectivity index (χ1v) is 8.48. The largest absolute Gasteiger partial charge is 0.315 e. The van der Waals surface area contributed by atoms with Crippen molar-refractivity contribution >= 4 is 0 Å². The molecule has 1 rings (SSSR count). The molecule has 1 aliphatic rings. The Kier molecular flexibility index (Phi) is 8.01. The van der Waals surface area contributed by atoms with E-state index in [2.05, 4.69) is 44.8 Å².